The summed E-state index contributed by atoms with van der Waals surface area (Å²) >= 11 is 2.15. The Morgan fingerprint density at radius 3 is 2.47 bits per heavy atom. The van der Waals surface area contributed by atoms with E-state index in [4.69, 9.17) is 0 Å². The van der Waals surface area contributed by atoms with Gasteiger partial charge in [0, 0.05) is 25.2 Å². The third kappa shape index (κ3) is 3.30. The van der Waals surface area contributed by atoms with Gasteiger partial charge < -0.3 is 10.2 Å². The zero-order valence-corrected chi connectivity index (χ0v) is 13.4. The first-order valence-electron chi connectivity index (χ1n) is 8.29. The second kappa shape index (κ2) is 6.36. The van der Waals surface area contributed by atoms with E-state index in [1.807, 2.05) is 0 Å². The molecule has 0 aromatic rings. The summed E-state index contributed by atoms with van der Waals surface area (Å²) in [6.07, 6.45) is 5.82. The Morgan fingerprint density at radius 2 is 1.89 bits per heavy atom. The Balaban J connectivity index is 1.55. The maximum absolute atomic E-state index is 3.99. The van der Waals surface area contributed by atoms with Crippen LogP contribution in [-0.4, -0.2) is 48.1 Å². The van der Waals surface area contributed by atoms with Crippen molar-refractivity contribution >= 4 is 11.8 Å². The van der Waals surface area contributed by atoms with Crippen molar-refractivity contribution in [3.63, 3.8) is 0 Å². The normalized spacial score (nSPS) is 39.9. The first kappa shape index (κ1) is 14.2. The van der Waals surface area contributed by atoms with Crippen LogP contribution in [0.1, 0.15) is 39.5 Å². The highest BCUT2D eigenvalue weighted by Gasteiger charge is 2.39. The lowest BCUT2D eigenvalue weighted by molar-refractivity contribution is 0.0285. The molecule has 3 rings (SSSR count). The zero-order chi connectivity index (χ0) is 13.2. The van der Waals surface area contributed by atoms with Crippen LogP contribution in [0.5, 0.6) is 0 Å². The fraction of sp³-hybridized carbons (Fsp3) is 1.00. The van der Waals surface area contributed by atoms with Gasteiger partial charge in [0.25, 0.3) is 0 Å². The van der Waals surface area contributed by atoms with Crippen molar-refractivity contribution in [1.82, 2.24) is 10.2 Å². The van der Waals surface area contributed by atoms with Crippen LogP contribution in [-0.2, 0) is 0 Å². The number of hydrogen-bond donors (Lipinski definition) is 1. The molecule has 1 aliphatic carbocycles. The van der Waals surface area contributed by atoms with E-state index >= 15 is 0 Å². The fourth-order valence-electron chi connectivity index (χ4n) is 4.27. The monoisotopic (exact) mass is 282 g/mol. The molecule has 3 unspecified atom stereocenters. The molecule has 3 aliphatic rings. The number of rotatable bonds is 4. The van der Waals surface area contributed by atoms with E-state index in [0.717, 1.165) is 29.8 Å². The summed E-state index contributed by atoms with van der Waals surface area (Å²) in [6, 6.07) is 1.56. The Hall–Kier alpha value is 0.270. The first-order valence-corrected chi connectivity index (χ1v) is 9.44. The minimum absolute atomic E-state index is 0.732. The SMILES string of the molecule is CC(C)N1CC2CCCC(C1)C2NCC1CCSC1. The minimum Gasteiger partial charge on any atom is -0.313 e. The number of thioether (sulfide) groups is 1. The molecule has 1 saturated carbocycles. The van der Waals surface area contributed by atoms with Gasteiger partial charge in [-0.05, 0) is 68.9 Å². The third-order valence-corrected chi connectivity index (χ3v) is 6.73. The number of likely N-dealkylation sites (tertiary alicyclic amines) is 1. The predicted molar refractivity (Wildman–Crippen MR) is 84.8 cm³/mol. The molecule has 0 radical (unpaired) electrons. The number of nitrogens with one attached hydrogen (secondary N) is 1. The Labute approximate surface area is 123 Å². The molecule has 3 fully saturated rings. The Bertz CT molecular complexity index is 274. The molecule has 2 heterocycles. The van der Waals surface area contributed by atoms with E-state index < -0.39 is 0 Å². The maximum Gasteiger partial charge on any atom is 0.0148 e. The summed E-state index contributed by atoms with van der Waals surface area (Å²) in [6.45, 7) is 8.68. The summed E-state index contributed by atoms with van der Waals surface area (Å²) < 4.78 is 0. The van der Waals surface area contributed by atoms with E-state index in [0.29, 0.717) is 0 Å². The van der Waals surface area contributed by atoms with E-state index in [1.54, 1.807) is 0 Å². The molecule has 2 aliphatic heterocycles. The molecule has 0 aromatic heterocycles. The molecule has 2 nitrogen and oxygen atoms in total. The summed E-state index contributed by atoms with van der Waals surface area (Å²) in [4.78, 5) is 2.72. The third-order valence-electron chi connectivity index (χ3n) is 5.50. The molecular formula is C16H30N2S. The van der Waals surface area contributed by atoms with Crippen molar-refractivity contribution in [2.45, 2.75) is 51.6 Å². The summed E-state index contributed by atoms with van der Waals surface area (Å²) in [5.74, 6) is 5.58. The van der Waals surface area contributed by atoms with Gasteiger partial charge in [-0.2, -0.15) is 11.8 Å². The highest BCUT2D eigenvalue weighted by Crippen LogP contribution is 2.36. The molecular weight excluding hydrogens is 252 g/mol. The lowest BCUT2D eigenvalue weighted by Crippen LogP contribution is -2.58. The molecule has 19 heavy (non-hydrogen) atoms. The van der Waals surface area contributed by atoms with Crippen molar-refractivity contribution in [1.29, 1.82) is 0 Å². The lowest BCUT2D eigenvalue weighted by atomic mass is 9.73. The maximum atomic E-state index is 3.99. The highest BCUT2D eigenvalue weighted by molar-refractivity contribution is 7.99. The number of fused-ring (bicyclic) bond motifs is 2. The van der Waals surface area contributed by atoms with Crippen LogP contribution in [0.4, 0.5) is 0 Å². The molecule has 110 valence electrons. The van der Waals surface area contributed by atoms with Crippen LogP contribution in [0, 0.1) is 17.8 Å². The molecule has 2 bridgehead atoms. The predicted octanol–water partition coefficient (Wildman–Crippen LogP) is 2.84. The van der Waals surface area contributed by atoms with Crippen molar-refractivity contribution in [2.75, 3.05) is 31.1 Å². The van der Waals surface area contributed by atoms with Gasteiger partial charge in [0.2, 0.25) is 0 Å². The number of piperidine rings is 1. The smallest absolute Gasteiger partial charge is 0.0148 e. The zero-order valence-electron chi connectivity index (χ0n) is 12.6. The lowest BCUT2D eigenvalue weighted by Gasteiger charge is -2.49. The highest BCUT2D eigenvalue weighted by atomic mass is 32.2. The average Bonchev–Trinajstić information content (AvgIpc) is 2.88. The number of hydrogen-bond acceptors (Lipinski definition) is 3. The molecule has 0 spiro atoms. The van der Waals surface area contributed by atoms with Crippen LogP contribution >= 0.6 is 11.8 Å². The first-order chi connectivity index (χ1) is 9.24. The molecule has 3 atom stereocenters. The van der Waals surface area contributed by atoms with E-state index in [-0.39, 0.29) is 0 Å². The topological polar surface area (TPSA) is 15.3 Å². The van der Waals surface area contributed by atoms with Gasteiger partial charge in [-0.15, -0.1) is 0 Å². The van der Waals surface area contributed by atoms with Crippen molar-refractivity contribution in [2.24, 2.45) is 17.8 Å². The minimum atomic E-state index is 0.732. The summed E-state index contributed by atoms with van der Waals surface area (Å²) in [7, 11) is 0. The van der Waals surface area contributed by atoms with Gasteiger partial charge in [-0.3, -0.25) is 0 Å². The summed E-state index contributed by atoms with van der Waals surface area (Å²) in [5.41, 5.74) is 0. The second-order valence-corrected chi connectivity index (χ2v) is 8.31. The van der Waals surface area contributed by atoms with Crippen molar-refractivity contribution in [3.8, 4) is 0 Å². The number of nitrogens with zero attached hydrogens (tertiary/aromatic N) is 1. The van der Waals surface area contributed by atoms with Crippen LogP contribution in [0.2, 0.25) is 0 Å². The molecule has 3 heteroatoms. The fourth-order valence-corrected chi connectivity index (χ4v) is 5.56. The van der Waals surface area contributed by atoms with Crippen LogP contribution in [0.3, 0.4) is 0 Å². The molecule has 1 N–H and O–H groups in total. The Morgan fingerprint density at radius 1 is 1.16 bits per heavy atom. The van der Waals surface area contributed by atoms with E-state index in [2.05, 4.69) is 35.8 Å². The quantitative estimate of drug-likeness (QED) is 0.853. The van der Waals surface area contributed by atoms with E-state index in [1.165, 1.54) is 56.8 Å². The van der Waals surface area contributed by atoms with Gasteiger partial charge in [0.1, 0.15) is 0 Å². The standard InChI is InChI=1S/C16H30N2S/c1-12(2)18-9-14-4-3-5-15(10-18)16(14)17-8-13-6-7-19-11-13/h12-17H,3-11H2,1-2H3. The largest absolute Gasteiger partial charge is 0.313 e. The Kier molecular flexibility index (Phi) is 4.76. The van der Waals surface area contributed by atoms with Crippen molar-refractivity contribution < 1.29 is 0 Å². The van der Waals surface area contributed by atoms with Crippen LogP contribution < -0.4 is 5.32 Å². The molecule has 0 amide bonds. The van der Waals surface area contributed by atoms with Gasteiger partial charge in [0.05, 0.1) is 0 Å². The van der Waals surface area contributed by atoms with Gasteiger partial charge in [-0.1, -0.05) is 6.42 Å². The van der Waals surface area contributed by atoms with E-state index in [9.17, 15) is 0 Å². The van der Waals surface area contributed by atoms with Crippen LogP contribution in [0.15, 0.2) is 0 Å². The summed E-state index contributed by atoms with van der Waals surface area (Å²) in [5, 5.41) is 3.99. The van der Waals surface area contributed by atoms with Crippen molar-refractivity contribution in [3.05, 3.63) is 0 Å². The van der Waals surface area contributed by atoms with Gasteiger partial charge >= 0.3 is 0 Å². The molecule has 2 saturated heterocycles. The average molecular weight is 282 g/mol. The van der Waals surface area contributed by atoms with Gasteiger partial charge in [0.15, 0.2) is 0 Å². The molecule has 0 aromatic carbocycles. The van der Waals surface area contributed by atoms with Gasteiger partial charge in [-0.25, -0.2) is 0 Å². The second-order valence-electron chi connectivity index (χ2n) is 7.16. The van der Waals surface area contributed by atoms with Crippen LogP contribution in [0.25, 0.3) is 0 Å².